The van der Waals surface area contributed by atoms with E-state index in [9.17, 15) is 9.59 Å². The first kappa shape index (κ1) is 18.6. The van der Waals surface area contributed by atoms with Gasteiger partial charge in [-0.25, -0.2) is 0 Å². The summed E-state index contributed by atoms with van der Waals surface area (Å²) in [7, 11) is 1.87. The zero-order valence-corrected chi connectivity index (χ0v) is 16.5. The fourth-order valence-electron chi connectivity index (χ4n) is 3.22. The van der Waals surface area contributed by atoms with E-state index >= 15 is 0 Å². The highest BCUT2D eigenvalue weighted by Crippen LogP contribution is 2.20. The van der Waals surface area contributed by atoms with Gasteiger partial charge in [-0.1, -0.05) is 6.07 Å². The van der Waals surface area contributed by atoms with Crippen molar-refractivity contribution in [3.63, 3.8) is 0 Å². The average molecular weight is 375 g/mol. The molecular weight excluding hydrogens is 350 g/mol. The van der Waals surface area contributed by atoms with E-state index in [-0.39, 0.29) is 17.9 Å². The largest absolute Gasteiger partial charge is 0.335 e. The van der Waals surface area contributed by atoms with Gasteiger partial charge in [0.05, 0.1) is 28.0 Å². The molecule has 1 fully saturated rings. The monoisotopic (exact) mass is 375 g/mol. The highest BCUT2D eigenvalue weighted by molar-refractivity contribution is 7.12. The summed E-state index contributed by atoms with van der Waals surface area (Å²) in [6, 6.07) is 3.49. The zero-order valence-electron chi connectivity index (χ0n) is 15.7. The van der Waals surface area contributed by atoms with Crippen LogP contribution in [0.3, 0.4) is 0 Å². The normalized spacial score (nSPS) is 16.5. The summed E-state index contributed by atoms with van der Waals surface area (Å²) < 4.78 is 1.77. The molecule has 8 heteroatoms. The number of piperazine rings is 1. The highest BCUT2D eigenvalue weighted by Gasteiger charge is 2.28. The van der Waals surface area contributed by atoms with Gasteiger partial charge in [-0.2, -0.15) is 5.10 Å². The molecule has 1 aliphatic rings. The lowest BCUT2D eigenvalue weighted by Crippen LogP contribution is -2.54. The fourth-order valence-corrected chi connectivity index (χ4v) is 3.91. The molecule has 1 unspecified atom stereocenters. The Morgan fingerprint density at radius 2 is 1.92 bits per heavy atom. The van der Waals surface area contributed by atoms with Gasteiger partial charge in [-0.3, -0.25) is 19.2 Å². The number of thiophene rings is 1. The van der Waals surface area contributed by atoms with Crippen molar-refractivity contribution in [1.29, 1.82) is 0 Å². The molecule has 1 aliphatic heterocycles. The summed E-state index contributed by atoms with van der Waals surface area (Å²) in [6.07, 6.45) is 0. The quantitative estimate of drug-likeness (QED) is 0.886. The third kappa shape index (κ3) is 3.66. The van der Waals surface area contributed by atoms with Crippen LogP contribution in [0.5, 0.6) is 0 Å². The minimum Gasteiger partial charge on any atom is -0.335 e. The zero-order chi connectivity index (χ0) is 18.8. The highest BCUT2D eigenvalue weighted by atomic mass is 32.1. The first-order chi connectivity index (χ1) is 12.4. The van der Waals surface area contributed by atoms with Crippen molar-refractivity contribution in [1.82, 2.24) is 19.6 Å². The molecule has 1 N–H and O–H groups in total. The third-order valence-corrected chi connectivity index (χ3v) is 5.88. The van der Waals surface area contributed by atoms with Crippen LogP contribution in [0.1, 0.15) is 28.0 Å². The van der Waals surface area contributed by atoms with Gasteiger partial charge in [0, 0.05) is 33.2 Å². The van der Waals surface area contributed by atoms with Crippen LogP contribution in [0, 0.1) is 13.8 Å². The van der Waals surface area contributed by atoms with Crippen LogP contribution < -0.4 is 5.32 Å². The number of carbonyl (C=O) groups is 2. The lowest BCUT2D eigenvalue weighted by Gasteiger charge is -2.37. The van der Waals surface area contributed by atoms with Crippen LogP contribution in [0.25, 0.3) is 0 Å². The van der Waals surface area contributed by atoms with Crippen LogP contribution in [-0.2, 0) is 11.8 Å². The number of rotatable bonds is 4. The van der Waals surface area contributed by atoms with Gasteiger partial charge in [-0.15, -0.1) is 11.3 Å². The second kappa shape index (κ2) is 7.59. The molecule has 2 amide bonds. The Kier molecular flexibility index (Phi) is 5.43. The van der Waals surface area contributed by atoms with Gasteiger partial charge >= 0.3 is 0 Å². The molecule has 0 saturated carbocycles. The molecule has 2 aromatic heterocycles. The summed E-state index contributed by atoms with van der Waals surface area (Å²) in [6.45, 7) is 8.40. The number of nitrogens with zero attached hydrogens (tertiary/aromatic N) is 4. The fraction of sp³-hybridized carbons (Fsp3) is 0.500. The van der Waals surface area contributed by atoms with E-state index in [4.69, 9.17) is 0 Å². The van der Waals surface area contributed by atoms with Crippen molar-refractivity contribution in [2.45, 2.75) is 26.8 Å². The van der Waals surface area contributed by atoms with Crippen molar-refractivity contribution in [2.75, 3.05) is 31.5 Å². The number of aryl methyl sites for hydroxylation is 2. The molecule has 0 radical (unpaired) electrons. The maximum Gasteiger partial charge on any atom is 0.264 e. The lowest BCUT2D eigenvalue weighted by atomic mass is 10.2. The number of anilines is 1. The topological polar surface area (TPSA) is 70.5 Å². The van der Waals surface area contributed by atoms with Gasteiger partial charge < -0.3 is 10.2 Å². The molecule has 0 aromatic carbocycles. The van der Waals surface area contributed by atoms with Crippen LogP contribution in [-0.4, -0.2) is 63.6 Å². The van der Waals surface area contributed by atoms with E-state index in [1.807, 2.05) is 50.2 Å². The molecule has 7 nitrogen and oxygen atoms in total. The summed E-state index contributed by atoms with van der Waals surface area (Å²) in [4.78, 5) is 29.8. The minimum absolute atomic E-state index is 0.0396. The minimum atomic E-state index is -0.256. The molecule has 2 aromatic rings. The molecule has 0 spiro atoms. The molecule has 140 valence electrons. The van der Waals surface area contributed by atoms with E-state index in [2.05, 4.69) is 15.3 Å². The van der Waals surface area contributed by atoms with Crippen molar-refractivity contribution in [2.24, 2.45) is 7.05 Å². The predicted molar refractivity (Wildman–Crippen MR) is 103 cm³/mol. The van der Waals surface area contributed by atoms with E-state index in [1.54, 1.807) is 4.68 Å². The van der Waals surface area contributed by atoms with E-state index < -0.39 is 0 Å². The molecule has 1 atom stereocenters. The Morgan fingerprint density at radius 3 is 2.46 bits per heavy atom. The molecular formula is C18H25N5O2S. The number of carbonyl (C=O) groups excluding carboxylic acids is 2. The second-order valence-corrected chi connectivity index (χ2v) is 7.59. The SMILES string of the molecule is Cc1nn(C)c(C)c1NC(=O)C(C)N1CCN(C(=O)c2cccs2)CC1. The maximum atomic E-state index is 12.7. The number of hydrogen-bond acceptors (Lipinski definition) is 5. The number of amides is 2. The summed E-state index contributed by atoms with van der Waals surface area (Å²) in [5.74, 6) is 0.0422. The maximum absolute atomic E-state index is 12.7. The Bertz CT molecular complexity index is 791. The van der Waals surface area contributed by atoms with E-state index in [0.29, 0.717) is 26.2 Å². The second-order valence-electron chi connectivity index (χ2n) is 6.64. The molecule has 0 bridgehead atoms. The van der Waals surface area contributed by atoms with Crippen LogP contribution in [0.2, 0.25) is 0 Å². The van der Waals surface area contributed by atoms with Crippen molar-refractivity contribution < 1.29 is 9.59 Å². The van der Waals surface area contributed by atoms with Gasteiger partial charge in [0.15, 0.2) is 0 Å². The van der Waals surface area contributed by atoms with E-state index in [0.717, 1.165) is 22.0 Å². The van der Waals surface area contributed by atoms with Crippen molar-refractivity contribution in [3.8, 4) is 0 Å². The van der Waals surface area contributed by atoms with E-state index in [1.165, 1.54) is 11.3 Å². The molecule has 26 heavy (non-hydrogen) atoms. The predicted octanol–water partition coefficient (Wildman–Crippen LogP) is 1.88. The summed E-state index contributed by atoms with van der Waals surface area (Å²) >= 11 is 1.47. The number of nitrogens with one attached hydrogen (secondary N) is 1. The first-order valence-electron chi connectivity index (χ1n) is 8.76. The van der Waals surface area contributed by atoms with Crippen LogP contribution >= 0.6 is 11.3 Å². The van der Waals surface area contributed by atoms with Crippen molar-refractivity contribution in [3.05, 3.63) is 33.8 Å². The molecule has 3 heterocycles. The Balaban J connectivity index is 1.57. The van der Waals surface area contributed by atoms with Crippen LogP contribution in [0.4, 0.5) is 5.69 Å². The third-order valence-electron chi connectivity index (χ3n) is 5.02. The number of hydrogen-bond donors (Lipinski definition) is 1. The smallest absolute Gasteiger partial charge is 0.264 e. The van der Waals surface area contributed by atoms with Gasteiger partial charge in [0.1, 0.15) is 0 Å². The van der Waals surface area contributed by atoms with Crippen LogP contribution in [0.15, 0.2) is 17.5 Å². The standard InChI is InChI=1S/C18H25N5O2S/c1-12-16(13(2)21(4)20-12)19-17(24)14(3)22-7-9-23(10-8-22)18(25)15-6-5-11-26-15/h5-6,11,14H,7-10H2,1-4H3,(H,19,24). The molecule has 1 saturated heterocycles. The van der Waals surface area contributed by atoms with Gasteiger partial charge in [-0.05, 0) is 32.2 Å². The summed E-state index contributed by atoms with van der Waals surface area (Å²) in [5, 5.41) is 9.26. The Hall–Kier alpha value is -2.19. The Labute approximate surface area is 157 Å². The summed E-state index contributed by atoms with van der Waals surface area (Å²) in [5.41, 5.74) is 2.54. The number of aromatic nitrogens is 2. The van der Waals surface area contributed by atoms with Gasteiger partial charge in [0.25, 0.3) is 5.91 Å². The molecule has 0 aliphatic carbocycles. The lowest BCUT2D eigenvalue weighted by molar-refractivity contribution is -0.121. The first-order valence-corrected chi connectivity index (χ1v) is 9.64. The Morgan fingerprint density at radius 1 is 1.23 bits per heavy atom. The molecule has 3 rings (SSSR count). The average Bonchev–Trinajstić information content (AvgIpc) is 3.25. The van der Waals surface area contributed by atoms with Crippen molar-refractivity contribution >= 4 is 28.8 Å². The van der Waals surface area contributed by atoms with Gasteiger partial charge in [0.2, 0.25) is 5.91 Å².